The molecule has 4 N–H and O–H groups in total. The van der Waals surface area contributed by atoms with Crippen molar-refractivity contribution in [2.24, 2.45) is 5.14 Å². The zero-order valence-electron chi connectivity index (χ0n) is 11.2. The van der Waals surface area contributed by atoms with E-state index in [1.807, 2.05) is 0 Å². The van der Waals surface area contributed by atoms with Crippen LogP contribution in [0.4, 0.5) is 5.69 Å². The maximum absolute atomic E-state index is 11.4. The fraction of sp³-hybridized carbons (Fsp3) is 0.154. The number of nitrogens with two attached hydrogens (primary N) is 1. The third-order valence-corrected chi connectivity index (χ3v) is 4.25. The zero-order chi connectivity index (χ0) is 16.3. The number of primary sulfonamides is 1. The maximum atomic E-state index is 11.4. The Bertz CT molecular complexity index is 787. The van der Waals surface area contributed by atoms with Gasteiger partial charge in [-0.2, -0.15) is 0 Å². The highest BCUT2D eigenvalue weighted by Gasteiger charge is 2.20. The van der Waals surface area contributed by atoms with Crippen molar-refractivity contribution < 1.29 is 22.7 Å². The van der Waals surface area contributed by atoms with Crippen LogP contribution in [-0.4, -0.2) is 26.0 Å². The van der Waals surface area contributed by atoms with Crippen LogP contribution in [0.5, 0.6) is 0 Å². The quantitative estimate of drug-likeness (QED) is 0.735. The molecule has 0 amide bonds. The standard InChI is InChI=1S/C13H13ClN2O5S/c14-10-7-11(16-4-3-8-2-1-5-21-8)9(13(17)18)6-12(10)22(15,19)20/h1-2,5-7,16H,3-4H2,(H,17,18)(H2,15,19,20). The average Bonchev–Trinajstić information content (AvgIpc) is 2.90. The molecule has 0 fully saturated rings. The van der Waals surface area contributed by atoms with Crippen LogP contribution in [0.1, 0.15) is 16.1 Å². The summed E-state index contributed by atoms with van der Waals surface area (Å²) in [5.74, 6) is -0.557. The van der Waals surface area contributed by atoms with E-state index in [0.29, 0.717) is 13.0 Å². The monoisotopic (exact) mass is 344 g/mol. The van der Waals surface area contributed by atoms with E-state index in [2.05, 4.69) is 5.32 Å². The van der Waals surface area contributed by atoms with Crippen molar-refractivity contribution >= 4 is 33.3 Å². The summed E-state index contributed by atoms with van der Waals surface area (Å²) in [6, 6.07) is 5.70. The molecule has 0 aliphatic rings. The van der Waals surface area contributed by atoms with Crippen molar-refractivity contribution in [3.63, 3.8) is 0 Å². The minimum absolute atomic E-state index is 0.145. The number of furan rings is 1. The van der Waals surface area contributed by atoms with Crippen LogP contribution in [-0.2, 0) is 16.4 Å². The highest BCUT2D eigenvalue weighted by molar-refractivity contribution is 7.89. The number of halogens is 1. The Kier molecular flexibility index (Phi) is 4.74. The molecule has 9 heteroatoms. The Morgan fingerprint density at radius 1 is 1.41 bits per heavy atom. The van der Waals surface area contributed by atoms with Gasteiger partial charge in [0.2, 0.25) is 10.0 Å². The largest absolute Gasteiger partial charge is 0.478 e. The second-order valence-corrected chi connectivity index (χ2v) is 6.37. The second kappa shape index (κ2) is 6.39. The molecule has 0 atom stereocenters. The first-order valence-corrected chi connectivity index (χ1v) is 8.07. The smallest absolute Gasteiger partial charge is 0.337 e. The lowest BCUT2D eigenvalue weighted by atomic mass is 10.1. The van der Waals surface area contributed by atoms with Crippen molar-refractivity contribution in [2.75, 3.05) is 11.9 Å². The van der Waals surface area contributed by atoms with E-state index >= 15 is 0 Å². The van der Waals surface area contributed by atoms with Gasteiger partial charge in [-0.3, -0.25) is 0 Å². The van der Waals surface area contributed by atoms with Gasteiger partial charge in [-0.25, -0.2) is 18.4 Å². The van der Waals surface area contributed by atoms with Gasteiger partial charge in [0.1, 0.15) is 10.7 Å². The lowest BCUT2D eigenvalue weighted by molar-refractivity contribution is 0.0697. The number of aromatic carboxylic acids is 1. The van der Waals surface area contributed by atoms with Crippen molar-refractivity contribution in [1.82, 2.24) is 0 Å². The van der Waals surface area contributed by atoms with Gasteiger partial charge in [0.05, 0.1) is 22.5 Å². The van der Waals surface area contributed by atoms with Gasteiger partial charge in [0, 0.05) is 13.0 Å². The highest BCUT2D eigenvalue weighted by atomic mass is 35.5. The van der Waals surface area contributed by atoms with Gasteiger partial charge >= 0.3 is 5.97 Å². The molecule has 0 spiro atoms. The van der Waals surface area contributed by atoms with E-state index in [9.17, 15) is 18.3 Å². The molecule has 0 saturated heterocycles. The Morgan fingerprint density at radius 3 is 2.68 bits per heavy atom. The van der Waals surface area contributed by atoms with E-state index in [4.69, 9.17) is 21.2 Å². The summed E-state index contributed by atoms with van der Waals surface area (Å²) in [4.78, 5) is 10.8. The first-order chi connectivity index (χ1) is 10.3. The first-order valence-electron chi connectivity index (χ1n) is 6.15. The number of carboxylic acid groups (broad SMARTS) is 1. The fourth-order valence-corrected chi connectivity index (χ4v) is 2.97. The summed E-state index contributed by atoms with van der Waals surface area (Å²) in [5, 5.41) is 16.9. The van der Waals surface area contributed by atoms with E-state index in [-0.39, 0.29) is 16.3 Å². The molecular weight excluding hydrogens is 332 g/mol. The number of carboxylic acids is 1. The summed E-state index contributed by atoms with van der Waals surface area (Å²) in [6.45, 7) is 0.388. The van der Waals surface area contributed by atoms with Crippen LogP contribution < -0.4 is 10.5 Å². The van der Waals surface area contributed by atoms with E-state index in [1.165, 1.54) is 12.3 Å². The molecule has 2 rings (SSSR count). The molecular formula is C13H13ClN2O5S. The second-order valence-electron chi connectivity index (χ2n) is 4.43. The number of nitrogens with one attached hydrogen (secondary N) is 1. The summed E-state index contributed by atoms with van der Waals surface area (Å²) in [5.41, 5.74) is -0.0238. The molecule has 1 aromatic heterocycles. The molecule has 1 heterocycles. The normalized spacial score (nSPS) is 11.4. The molecule has 118 valence electrons. The van der Waals surface area contributed by atoms with Gasteiger partial charge in [-0.05, 0) is 24.3 Å². The van der Waals surface area contributed by atoms with E-state index < -0.39 is 20.9 Å². The molecule has 1 aromatic carbocycles. The molecule has 0 bridgehead atoms. The van der Waals surface area contributed by atoms with Crippen LogP contribution >= 0.6 is 11.6 Å². The van der Waals surface area contributed by atoms with Crippen molar-refractivity contribution in [2.45, 2.75) is 11.3 Å². The molecule has 0 unspecified atom stereocenters. The number of rotatable bonds is 6. The van der Waals surface area contributed by atoms with Crippen LogP contribution in [0, 0.1) is 0 Å². The predicted molar refractivity (Wildman–Crippen MR) is 80.7 cm³/mol. The third-order valence-electron chi connectivity index (χ3n) is 2.88. The van der Waals surface area contributed by atoms with E-state index in [0.717, 1.165) is 11.8 Å². The summed E-state index contributed by atoms with van der Waals surface area (Å²) in [6.07, 6.45) is 2.07. The Balaban J connectivity index is 2.26. The minimum atomic E-state index is -4.10. The average molecular weight is 345 g/mol. The van der Waals surface area contributed by atoms with Crippen molar-refractivity contribution in [1.29, 1.82) is 0 Å². The first kappa shape index (κ1) is 16.3. The summed E-state index contributed by atoms with van der Waals surface area (Å²) >= 11 is 5.86. The van der Waals surface area contributed by atoms with Gasteiger partial charge in [-0.1, -0.05) is 11.6 Å². The number of anilines is 1. The number of hydrogen-bond acceptors (Lipinski definition) is 5. The number of benzene rings is 1. The van der Waals surface area contributed by atoms with Crippen LogP contribution in [0.2, 0.25) is 5.02 Å². The molecule has 7 nitrogen and oxygen atoms in total. The highest BCUT2D eigenvalue weighted by Crippen LogP contribution is 2.28. The van der Waals surface area contributed by atoms with Crippen LogP contribution in [0.3, 0.4) is 0 Å². The van der Waals surface area contributed by atoms with E-state index in [1.54, 1.807) is 12.1 Å². The summed E-state index contributed by atoms with van der Waals surface area (Å²) < 4.78 is 27.9. The topological polar surface area (TPSA) is 123 Å². The van der Waals surface area contributed by atoms with Crippen molar-refractivity contribution in [3.8, 4) is 0 Å². The lowest BCUT2D eigenvalue weighted by Crippen LogP contribution is -2.15. The number of sulfonamides is 1. The Hall–Kier alpha value is -2.03. The fourth-order valence-electron chi connectivity index (χ4n) is 1.87. The van der Waals surface area contributed by atoms with Gasteiger partial charge in [0.25, 0.3) is 0 Å². The third kappa shape index (κ3) is 3.79. The van der Waals surface area contributed by atoms with Gasteiger partial charge < -0.3 is 14.8 Å². The number of carbonyl (C=O) groups is 1. The van der Waals surface area contributed by atoms with Crippen LogP contribution in [0.25, 0.3) is 0 Å². The lowest BCUT2D eigenvalue weighted by Gasteiger charge is -2.12. The molecule has 0 saturated carbocycles. The van der Waals surface area contributed by atoms with Crippen molar-refractivity contribution in [3.05, 3.63) is 46.9 Å². The maximum Gasteiger partial charge on any atom is 0.337 e. The minimum Gasteiger partial charge on any atom is -0.478 e. The van der Waals surface area contributed by atoms with Gasteiger partial charge in [0.15, 0.2) is 0 Å². The SMILES string of the molecule is NS(=O)(=O)c1cc(C(=O)O)c(NCCc2ccco2)cc1Cl. The summed E-state index contributed by atoms with van der Waals surface area (Å²) in [7, 11) is -4.10. The molecule has 0 aliphatic carbocycles. The molecule has 22 heavy (non-hydrogen) atoms. The Labute approximate surface area is 131 Å². The zero-order valence-corrected chi connectivity index (χ0v) is 12.8. The molecule has 0 radical (unpaired) electrons. The van der Waals surface area contributed by atoms with Gasteiger partial charge in [-0.15, -0.1) is 0 Å². The Morgan fingerprint density at radius 2 is 2.14 bits per heavy atom. The molecule has 0 aliphatic heterocycles. The number of hydrogen-bond donors (Lipinski definition) is 3. The predicted octanol–water partition coefficient (Wildman–Crippen LogP) is 1.93. The van der Waals surface area contributed by atoms with Crippen LogP contribution in [0.15, 0.2) is 39.8 Å². The molecule has 2 aromatic rings.